The quantitative estimate of drug-likeness (QED) is 0.788. The van der Waals surface area contributed by atoms with Gasteiger partial charge in [0, 0.05) is 13.0 Å². The van der Waals surface area contributed by atoms with Gasteiger partial charge < -0.3 is 14.8 Å². The van der Waals surface area contributed by atoms with Crippen molar-refractivity contribution in [2.45, 2.75) is 39.8 Å². The molecule has 0 aliphatic carbocycles. The topological polar surface area (TPSA) is 47.6 Å². The molecule has 1 atom stereocenters. The average Bonchev–Trinajstić information content (AvgIpc) is 2.55. The normalized spacial score (nSPS) is 12.2. The van der Waals surface area contributed by atoms with Crippen LogP contribution in [0.1, 0.15) is 33.3 Å². The predicted octanol–water partition coefficient (Wildman–Crippen LogP) is 4.80. The van der Waals surface area contributed by atoms with Crippen LogP contribution in [0.15, 0.2) is 54.6 Å². The van der Waals surface area contributed by atoms with Gasteiger partial charge in [0.05, 0.1) is 6.10 Å². The first-order valence-electron chi connectivity index (χ1n) is 8.42. The number of carbonyl (C=O) groups excluding carboxylic acids is 1. The molecule has 0 spiro atoms. The summed E-state index contributed by atoms with van der Waals surface area (Å²) < 4.78 is 11.5. The van der Waals surface area contributed by atoms with E-state index in [2.05, 4.69) is 5.32 Å². The standard InChI is InChI=1S/C21H25NO3/c1-15(2)24-19-11-13-21(14-12-19)25-20-9-7-18(8-10-20)6-5-16(3)22-17(4)23/h5-16H,1-4H3,(H,22,23)/b6-5-. The maximum Gasteiger partial charge on any atom is 0.217 e. The van der Waals surface area contributed by atoms with Crippen molar-refractivity contribution in [3.8, 4) is 17.2 Å². The highest BCUT2D eigenvalue weighted by molar-refractivity contribution is 5.73. The van der Waals surface area contributed by atoms with Crippen LogP contribution in [0.5, 0.6) is 17.2 Å². The Morgan fingerprint density at radius 2 is 1.44 bits per heavy atom. The Kier molecular flexibility index (Phi) is 6.63. The lowest BCUT2D eigenvalue weighted by molar-refractivity contribution is -0.119. The Bertz CT molecular complexity index is 703. The van der Waals surface area contributed by atoms with Crippen LogP contribution in [0.25, 0.3) is 6.08 Å². The smallest absolute Gasteiger partial charge is 0.217 e. The van der Waals surface area contributed by atoms with Crippen LogP contribution in [0.4, 0.5) is 0 Å². The highest BCUT2D eigenvalue weighted by Gasteiger charge is 2.01. The molecule has 25 heavy (non-hydrogen) atoms. The van der Waals surface area contributed by atoms with Gasteiger partial charge in [-0.15, -0.1) is 0 Å². The second-order valence-corrected chi connectivity index (χ2v) is 6.16. The maximum atomic E-state index is 11.0. The summed E-state index contributed by atoms with van der Waals surface area (Å²) in [6.45, 7) is 7.44. The molecule has 0 heterocycles. The molecule has 4 heteroatoms. The number of ether oxygens (including phenoxy) is 2. The SMILES string of the molecule is CC(=O)NC(C)/C=C\c1ccc(Oc2ccc(OC(C)C)cc2)cc1. The van der Waals surface area contributed by atoms with E-state index in [-0.39, 0.29) is 18.1 Å². The molecule has 132 valence electrons. The van der Waals surface area contributed by atoms with Gasteiger partial charge in [-0.3, -0.25) is 4.79 Å². The Morgan fingerprint density at radius 1 is 0.920 bits per heavy atom. The van der Waals surface area contributed by atoms with E-state index in [1.807, 2.05) is 81.5 Å². The summed E-state index contributed by atoms with van der Waals surface area (Å²) >= 11 is 0. The molecule has 0 saturated carbocycles. The predicted molar refractivity (Wildman–Crippen MR) is 101 cm³/mol. The van der Waals surface area contributed by atoms with Crippen LogP contribution in [0.2, 0.25) is 0 Å². The average molecular weight is 339 g/mol. The molecular formula is C21H25NO3. The number of carbonyl (C=O) groups is 1. The molecule has 2 aromatic carbocycles. The minimum absolute atomic E-state index is 0.000000800. The lowest BCUT2D eigenvalue weighted by atomic mass is 10.1. The Hall–Kier alpha value is -2.75. The number of amides is 1. The van der Waals surface area contributed by atoms with Crippen molar-refractivity contribution in [2.24, 2.45) is 0 Å². The van der Waals surface area contributed by atoms with Gasteiger partial charge >= 0.3 is 0 Å². The third kappa shape index (κ3) is 6.71. The van der Waals surface area contributed by atoms with Crippen molar-refractivity contribution in [2.75, 3.05) is 0 Å². The van der Waals surface area contributed by atoms with Gasteiger partial charge in [0.2, 0.25) is 5.91 Å². The van der Waals surface area contributed by atoms with Crippen LogP contribution in [-0.4, -0.2) is 18.1 Å². The van der Waals surface area contributed by atoms with Crippen molar-refractivity contribution in [3.05, 3.63) is 60.2 Å². The van der Waals surface area contributed by atoms with E-state index < -0.39 is 0 Å². The van der Waals surface area contributed by atoms with Crippen molar-refractivity contribution < 1.29 is 14.3 Å². The van der Waals surface area contributed by atoms with Gasteiger partial charge in [0.1, 0.15) is 17.2 Å². The van der Waals surface area contributed by atoms with E-state index in [0.717, 1.165) is 22.8 Å². The van der Waals surface area contributed by atoms with Gasteiger partial charge in [-0.05, 0) is 62.7 Å². The van der Waals surface area contributed by atoms with E-state index in [4.69, 9.17) is 9.47 Å². The third-order valence-corrected chi connectivity index (χ3v) is 3.32. The fourth-order valence-corrected chi connectivity index (χ4v) is 2.27. The second kappa shape index (κ2) is 8.92. The lowest BCUT2D eigenvalue weighted by Gasteiger charge is -2.11. The zero-order chi connectivity index (χ0) is 18.2. The molecule has 0 aromatic heterocycles. The minimum Gasteiger partial charge on any atom is -0.491 e. The second-order valence-electron chi connectivity index (χ2n) is 6.16. The Labute approximate surface area is 149 Å². The number of hydrogen-bond acceptors (Lipinski definition) is 3. The highest BCUT2D eigenvalue weighted by atomic mass is 16.5. The first-order valence-corrected chi connectivity index (χ1v) is 8.42. The lowest BCUT2D eigenvalue weighted by Crippen LogP contribution is -2.28. The van der Waals surface area contributed by atoms with E-state index in [1.54, 1.807) is 0 Å². The summed E-state index contributed by atoms with van der Waals surface area (Å²) in [4.78, 5) is 11.0. The molecular weight excluding hydrogens is 314 g/mol. The molecule has 0 radical (unpaired) electrons. The van der Waals surface area contributed by atoms with Crippen LogP contribution in [0, 0.1) is 0 Å². The first-order chi connectivity index (χ1) is 11.9. The van der Waals surface area contributed by atoms with E-state index in [1.165, 1.54) is 6.92 Å². The summed E-state index contributed by atoms with van der Waals surface area (Å²) in [5, 5.41) is 2.81. The summed E-state index contributed by atoms with van der Waals surface area (Å²) in [6, 6.07) is 15.4. The molecule has 0 aliphatic rings. The zero-order valence-electron chi connectivity index (χ0n) is 15.2. The number of nitrogens with one attached hydrogen (secondary N) is 1. The third-order valence-electron chi connectivity index (χ3n) is 3.32. The maximum absolute atomic E-state index is 11.0. The molecule has 1 N–H and O–H groups in total. The van der Waals surface area contributed by atoms with Gasteiger partial charge in [-0.2, -0.15) is 0 Å². The van der Waals surface area contributed by atoms with Gasteiger partial charge in [0.15, 0.2) is 0 Å². The van der Waals surface area contributed by atoms with Crippen LogP contribution < -0.4 is 14.8 Å². The zero-order valence-corrected chi connectivity index (χ0v) is 15.2. The number of rotatable bonds is 7. The fraction of sp³-hybridized carbons (Fsp3) is 0.286. The van der Waals surface area contributed by atoms with E-state index >= 15 is 0 Å². The van der Waals surface area contributed by atoms with Crippen molar-refractivity contribution in [1.82, 2.24) is 5.32 Å². The fourth-order valence-electron chi connectivity index (χ4n) is 2.27. The molecule has 4 nitrogen and oxygen atoms in total. The van der Waals surface area contributed by atoms with Gasteiger partial charge in [-0.25, -0.2) is 0 Å². The largest absolute Gasteiger partial charge is 0.491 e. The summed E-state index contributed by atoms with van der Waals surface area (Å²) in [5.74, 6) is 2.32. The molecule has 0 bridgehead atoms. The summed E-state index contributed by atoms with van der Waals surface area (Å²) in [5.41, 5.74) is 1.05. The van der Waals surface area contributed by atoms with Crippen molar-refractivity contribution in [3.63, 3.8) is 0 Å². The van der Waals surface area contributed by atoms with Gasteiger partial charge in [-0.1, -0.05) is 24.3 Å². The van der Waals surface area contributed by atoms with Gasteiger partial charge in [0.25, 0.3) is 0 Å². The number of hydrogen-bond donors (Lipinski definition) is 1. The van der Waals surface area contributed by atoms with Crippen molar-refractivity contribution in [1.29, 1.82) is 0 Å². The molecule has 0 saturated heterocycles. The molecule has 2 rings (SSSR count). The summed E-state index contributed by atoms with van der Waals surface area (Å²) in [7, 11) is 0. The Morgan fingerprint density at radius 3 is 1.96 bits per heavy atom. The van der Waals surface area contributed by atoms with E-state index in [9.17, 15) is 4.79 Å². The summed E-state index contributed by atoms with van der Waals surface area (Å²) in [6.07, 6.45) is 4.08. The molecule has 2 aromatic rings. The first kappa shape index (κ1) is 18.6. The van der Waals surface area contributed by atoms with Crippen LogP contribution in [0.3, 0.4) is 0 Å². The van der Waals surface area contributed by atoms with Crippen LogP contribution in [-0.2, 0) is 4.79 Å². The van der Waals surface area contributed by atoms with Crippen LogP contribution >= 0.6 is 0 Å². The highest BCUT2D eigenvalue weighted by Crippen LogP contribution is 2.24. The minimum atomic E-state index is -0.0364. The molecule has 1 unspecified atom stereocenters. The van der Waals surface area contributed by atoms with E-state index in [0.29, 0.717) is 0 Å². The molecule has 0 fully saturated rings. The monoisotopic (exact) mass is 339 g/mol. The Balaban J connectivity index is 1.93. The van der Waals surface area contributed by atoms with Crippen molar-refractivity contribution >= 4 is 12.0 Å². The molecule has 1 amide bonds. The number of benzene rings is 2. The molecule has 0 aliphatic heterocycles.